The van der Waals surface area contributed by atoms with Crippen LogP contribution in [0.25, 0.3) is 32.7 Å². The van der Waals surface area contributed by atoms with Crippen molar-refractivity contribution in [2.75, 3.05) is 0 Å². The van der Waals surface area contributed by atoms with Crippen molar-refractivity contribution < 1.29 is 133 Å². The van der Waals surface area contributed by atoms with Gasteiger partial charge in [-0.05, 0) is 227 Å². The van der Waals surface area contributed by atoms with Crippen LogP contribution in [0.2, 0.25) is 0 Å². The van der Waals surface area contributed by atoms with Gasteiger partial charge >= 0.3 is 65.7 Å². The molecule has 12 aromatic carbocycles. The zero-order valence-electron chi connectivity index (χ0n) is 56.0. The number of rotatable bonds is 18. The normalized spacial score (nSPS) is 9.86. The summed E-state index contributed by atoms with van der Waals surface area (Å²) in [6.45, 7) is 1.08. The predicted molar refractivity (Wildman–Crippen MR) is 389 cm³/mol. The molecule has 0 bridgehead atoms. The molecular weight excluding hydrogens is 1400 g/mol. The second kappa shape index (κ2) is 39.4. The number of hydrogen-bond acceptors (Lipinski definition) is 15. The lowest BCUT2D eigenvalue weighted by Gasteiger charge is -2.08. The minimum absolute atomic E-state index is 0.112. The lowest BCUT2D eigenvalue weighted by atomic mass is 10.00. The minimum Gasteiger partial charge on any atom is -0.481 e. The summed E-state index contributed by atoms with van der Waals surface area (Å²) in [5.74, 6) is -8.61. The van der Waals surface area contributed by atoms with E-state index in [1.54, 1.807) is 140 Å². The minimum atomic E-state index is -1.06. The van der Waals surface area contributed by atoms with Crippen LogP contribution in [-0.2, 0) is 4.79 Å². The van der Waals surface area contributed by atoms with E-state index < -0.39 is 71.6 Å². The van der Waals surface area contributed by atoms with E-state index in [-0.39, 0.29) is 55.6 Å². The van der Waals surface area contributed by atoms with Gasteiger partial charge in [-0.15, -0.1) is 0 Å². The van der Waals surface area contributed by atoms with Gasteiger partial charge in [0.25, 0.3) is 5.97 Å². The highest BCUT2D eigenvalue weighted by Crippen LogP contribution is 2.29. The van der Waals surface area contributed by atoms with Crippen LogP contribution in [0.3, 0.4) is 0 Å². The maximum absolute atomic E-state index is 10.9. The summed E-state index contributed by atoms with van der Waals surface area (Å²) in [7, 11) is 0. The molecule has 0 radical (unpaired) electrons. The number of ether oxygens (including phenoxy) is 3. The van der Waals surface area contributed by atoms with Gasteiger partial charge < -0.3 is 75.5 Å². The molecule has 0 aliphatic rings. The smallest absolute Gasteiger partial charge is 0.336 e. The number of aliphatic carboxylic acids is 1. The van der Waals surface area contributed by atoms with Crippen LogP contribution >= 0.6 is 0 Å². The molecule has 12 N–H and O–H groups in total. The van der Waals surface area contributed by atoms with Gasteiger partial charge in [0.05, 0.1) is 61.2 Å². The predicted octanol–water partition coefficient (Wildman–Crippen LogP) is 16.2. The Hall–Kier alpha value is -15.8. The number of carboxylic acid groups (broad SMARTS) is 12. The van der Waals surface area contributed by atoms with E-state index in [2.05, 4.69) is 0 Å². The molecule has 27 nitrogen and oxygen atoms in total. The summed E-state index contributed by atoms with van der Waals surface area (Å²) < 4.78 is 16.8. The fraction of sp³-hybridized carbons (Fsp3) is 0.0123. The molecule has 546 valence electrons. The van der Waals surface area contributed by atoms with E-state index in [4.69, 9.17) is 80.3 Å². The summed E-state index contributed by atoms with van der Waals surface area (Å²) >= 11 is 0. The molecule has 12 aromatic rings. The number of hydrogen-bond donors (Lipinski definition) is 12. The molecule has 0 aromatic heterocycles. The second-order valence-electron chi connectivity index (χ2n) is 21.8. The Morgan fingerprint density at radius 2 is 0.389 bits per heavy atom. The van der Waals surface area contributed by atoms with Crippen molar-refractivity contribution in [2.24, 2.45) is 0 Å². The van der Waals surface area contributed by atoms with Gasteiger partial charge in [0.1, 0.15) is 34.5 Å². The van der Waals surface area contributed by atoms with E-state index in [1.165, 1.54) is 133 Å². The van der Waals surface area contributed by atoms with Crippen molar-refractivity contribution in [2.45, 2.75) is 6.92 Å². The molecule has 0 aliphatic heterocycles. The van der Waals surface area contributed by atoms with Crippen LogP contribution < -0.4 is 14.2 Å². The monoisotopic (exact) mass is 1460 g/mol. The van der Waals surface area contributed by atoms with E-state index in [0.717, 1.165) is 18.1 Å². The van der Waals surface area contributed by atoms with Crippen LogP contribution in [0.5, 0.6) is 34.5 Å². The van der Waals surface area contributed by atoms with Crippen LogP contribution in [0.15, 0.2) is 273 Å². The first-order chi connectivity index (χ1) is 51.4. The molecule has 0 unspecified atom stereocenters. The number of aromatic carboxylic acids is 11. The average molecular weight is 1470 g/mol. The molecule has 12 rings (SSSR count). The molecule has 0 spiro atoms. The first kappa shape index (κ1) is 81.2. The fourth-order valence-corrected chi connectivity index (χ4v) is 9.02. The Morgan fingerprint density at radius 1 is 0.204 bits per heavy atom. The van der Waals surface area contributed by atoms with E-state index in [1.807, 2.05) is 0 Å². The van der Waals surface area contributed by atoms with E-state index in [0.29, 0.717) is 61.6 Å². The third-order valence-corrected chi connectivity index (χ3v) is 14.3. The Labute approximate surface area is 610 Å². The summed E-state index contributed by atoms with van der Waals surface area (Å²) in [6, 6.07) is 70.4. The molecule has 0 amide bonds. The SMILES string of the molecule is CC(=O)O.O=C(O)c1ccc(-c2ccc(C(=O)O)cc2)cc1.O=C(O)c1ccc(C(=O)O)c2ccccc12.O=C(O)c1ccc(Oc2ccc(C(=O)O)cc2)cc1.O=C(O)c1ccc(Oc2ccc(Oc3ccc(C(=O)O)cc3)cc2)cc1.O=C(O)c1ccc2cc(C(=O)O)ccc2c1.O=C(O)c1ccccc1. The third-order valence-electron chi connectivity index (χ3n) is 14.3. The Bertz CT molecular complexity index is 4920. The molecule has 0 fully saturated rings. The maximum Gasteiger partial charge on any atom is 0.336 e. The van der Waals surface area contributed by atoms with Gasteiger partial charge in [0.2, 0.25) is 0 Å². The molecule has 0 atom stereocenters. The van der Waals surface area contributed by atoms with Gasteiger partial charge in [-0.3, -0.25) is 4.79 Å². The van der Waals surface area contributed by atoms with Crippen LogP contribution in [0.4, 0.5) is 0 Å². The van der Waals surface area contributed by atoms with E-state index in [9.17, 15) is 52.7 Å². The summed E-state index contributed by atoms with van der Waals surface area (Å²) in [5, 5.41) is 106. The molecule has 0 aliphatic carbocycles. The quantitative estimate of drug-likeness (QED) is 0.0379. The van der Waals surface area contributed by atoms with Crippen molar-refractivity contribution in [3.63, 3.8) is 0 Å². The molecule has 0 saturated carbocycles. The van der Waals surface area contributed by atoms with Crippen LogP contribution in [0, 0.1) is 0 Å². The van der Waals surface area contributed by atoms with Crippen molar-refractivity contribution in [3.05, 3.63) is 334 Å². The Kier molecular flexibility index (Phi) is 29.6. The lowest BCUT2D eigenvalue weighted by molar-refractivity contribution is -0.134. The fourth-order valence-electron chi connectivity index (χ4n) is 9.02. The number of carboxylic acids is 12. The summed E-state index contributed by atoms with van der Waals surface area (Å²) in [4.78, 5) is 127. The Balaban J connectivity index is 0.000000204. The zero-order chi connectivity index (χ0) is 79.1. The summed E-state index contributed by atoms with van der Waals surface area (Å²) in [5.41, 5.74) is 3.80. The molecular formula is C81H60O27. The second-order valence-corrected chi connectivity index (χ2v) is 21.8. The number of fused-ring (bicyclic) bond motifs is 2. The van der Waals surface area contributed by atoms with Gasteiger partial charge in [0.15, 0.2) is 0 Å². The molecule has 0 saturated heterocycles. The Morgan fingerprint density at radius 3 is 0.593 bits per heavy atom. The van der Waals surface area contributed by atoms with Crippen molar-refractivity contribution in [3.8, 4) is 45.6 Å². The molecule has 108 heavy (non-hydrogen) atoms. The van der Waals surface area contributed by atoms with Crippen LogP contribution in [0.1, 0.15) is 121 Å². The highest BCUT2D eigenvalue weighted by Gasteiger charge is 2.16. The van der Waals surface area contributed by atoms with Gasteiger partial charge in [0, 0.05) is 6.92 Å². The van der Waals surface area contributed by atoms with Crippen molar-refractivity contribution in [1.29, 1.82) is 0 Å². The third kappa shape index (κ3) is 25.4. The topological polar surface area (TPSA) is 475 Å². The largest absolute Gasteiger partial charge is 0.481 e. The molecule has 27 heteroatoms. The standard InChI is InChI=1S/C20H14O6.C14H10O5.C14H10O4.2C12H8O4.C7H6O2.C2H4O2/c21-19(22)13-1-5-15(6-2-13)25-17-9-11-18(12-10-17)26-16-7-3-14(4-8-16)20(23)24;15-13(16)9-1-5-11(6-2-9)19-12-7-3-10(4-8-12)14(17)18;15-13(16)11-5-1-9(2-6-11)10-3-7-12(8-4-10)14(17)18;13-11(14)9-3-1-7-5-10(12(15)16)4-2-8(7)6-9;13-11(14)9-5-6-10(12(15)16)8-4-2-1-3-7(8)9;8-7(9)6-4-2-1-3-5-6;1-2(3)4/h1-12H,(H,21,22)(H,23,24);1-8H,(H,15,16)(H,17,18);1-8H,(H,15,16)(H,17,18);2*1-6H,(H,13,14)(H,15,16);1-5H,(H,8,9);1H3,(H,3,4). The lowest BCUT2D eigenvalue weighted by Crippen LogP contribution is -2.02. The first-order valence-electron chi connectivity index (χ1n) is 31.0. The van der Waals surface area contributed by atoms with Crippen molar-refractivity contribution >= 4 is 93.2 Å². The van der Waals surface area contributed by atoms with Gasteiger partial charge in [-0.25, -0.2) is 52.7 Å². The van der Waals surface area contributed by atoms with Crippen LogP contribution in [-0.4, -0.2) is 133 Å². The highest BCUT2D eigenvalue weighted by atomic mass is 16.5. The van der Waals surface area contributed by atoms with Gasteiger partial charge in [-0.1, -0.05) is 78.9 Å². The molecule has 0 heterocycles. The maximum atomic E-state index is 10.9. The number of benzene rings is 12. The average Bonchev–Trinajstić information content (AvgIpc) is 0.809. The van der Waals surface area contributed by atoms with E-state index >= 15 is 0 Å². The van der Waals surface area contributed by atoms with Gasteiger partial charge in [-0.2, -0.15) is 0 Å². The summed E-state index contributed by atoms with van der Waals surface area (Å²) in [6.07, 6.45) is 0. The van der Waals surface area contributed by atoms with Crippen molar-refractivity contribution in [1.82, 2.24) is 0 Å². The zero-order valence-corrected chi connectivity index (χ0v) is 56.0. The first-order valence-corrected chi connectivity index (χ1v) is 31.0. The highest BCUT2D eigenvalue weighted by molar-refractivity contribution is 6.11. The number of carbonyl (C=O) groups is 12.